The number of hydrogen-bond acceptors (Lipinski definition) is 4. The number of H-pyrrole nitrogens is 1. The van der Waals surface area contributed by atoms with Gasteiger partial charge in [-0.05, 0) is 0 Å². The van der Waals surface area contributed by atoms with Crippen molar-refractivity contribution in [1.29, 1.82) is 0 Å². The normalized spacial score (nSPS) is 10.0. The molecule has 0 unspecified atom stereocenters. The average molecular weight is 199 g/mol. The monoisotopic (exact) mass is 199 g/mol. The molecule has 0 atom stereocenters. The Hall–Kier alpha value is -1.89. The Labute approximate surface area is 78.0 Å². The molecule has 3 N–H and O–H groups in total. The molecule has 0 spiro atoms. The molecule has 0 aliphatic carbocycles. The first kappa shape index (κ1) is 10.2. The summed E-state index contributed by atoms with van der Waals surface area (Å²) in [5.41, 5.74) is -1.06. The van der Waals surface area contributed by atoms with E-state index in [2.05, 4.69) is 5.32 Å². The highest BCUT2D eigenvalue weighted by Crippen LogP contribution is 1.72. The molecule has 0 aliphatic rings. The predicted octanol–water partition coefficient (Wildman–Crippen LogP) is -1.83. The molecule has 0 fully saturated rings. The Balaban J connectivity index is 2.64. The molecule has 7 nitrogen and oxygen atoms in total. The van der Waals surface area contributed by atoms with Crippen LogP contribution in [0.2, 0.25) is 0 Å². The number of aromatic amines is 1. The molecule has 1 rings (SSSR count). The van der Waals surface area contributed by atoms with Gasteiger partial charge in [-0.25, -0.2) is 4.79 Å². The summed E-state index contributed by atoms with van der Waals surface area (Å²) in [6, 6.07) is 1.18. The summed E-state index contributed by atoms with van der Waals surface area (Å²) >= 11 is 0. The Morgan fingerprint density at radius 3 is 2.86 bits per heavy atom. The lowest BCUT2D eigenvalue weighted by atomic mass is 10.6. The van der Waals surface area contributed by atoms with E-state index in [0.29, 0.717) is 0 Å². The second-order valence-electron chi connectivity index (χ2n) is 2.56. The summed E-state index contributed by atoms with van der Waals surface area (Å²) in [5, 5.41) is 10.8. The van der Waals surface area contributed by atoms with Crippen LogP contribution < -0.4 is 16.6 Å². The minimum absolute atomic E-state index is 0.0436. The van der Waals surface area contributed by atoms with Crippen molar-refractivity contribution < 1.29 is 9.90 Å². The maximum atomic E-state index is 11.0. The summed E-state index contributed by atoms with van der Waals surface area (Å²) in [6.07, 6.45) is 1.29. The molecular formula is C7H9N3O4. The molecule has 0 aromatic carbocycles. The number of rotatable bonds is 4. The second kappa shape index (κ2) is 4.38. The van der Waals surface area contributed by atoms with Gasteiger partial charge in [0.15, 0.2) is 0 Å². The SMILES string of the molecule is O=C(O)CNCn1ccc(=O)[nH]c1=O. The van der Waals surface area contributed by atoms with E-state index < -0.39 is 17.2 Å². The van der Waals surface area contributed by atoms with Gasteiger partial charge in [-0.2, -0.15) is 0 Å². The lowest BCUT2D eigenvalue weighted by Crippen LogP contribution is -2.34. The minimum atomic E-state index is -1.01. The average Bonchev–Trinajstić information content (AvgIpc) is 2.08. The second-order valence-corrected chi connectivity index (χ2v) is 2.56. The van der Waals surface area contributed by atoms with E-state index in [1.54, 1.807) is 0 Å². The van der Waals surface area contributed by atoms with Crippen molar-refractivity contribution in [3.05, 3.63) is 33.1 Å². The van der Waals surface area contributed by atoms with Crippen LogP contribution in [0.1, 0.15) is 0 Å². The number of carboxylic acid groups (broad SMARTS) is 1. The van der Waals surface area contributed by atoms with Gasteiger partial charge in [0.1, 0.15) is 0 Å². The topological polar surface area (TPSA) is 104 Å². The van der Waals surface area contributed by atoms with Gasteiger partial charge in [0.25, 0.3) is 5.56 Å². The predicted molar refractivity (Wildman–Crippen MR) is 47.0 cm³/mol. The fourth-order valence-electron chi connectivity index (χ4n) is 0.852. The van der Waals surface area contributed by atoms with Crippen molar-refractivity contribution in [2.45, 2.75) is 6.67 Å². The van der Waals surface area contributed by atoms with E-state index in [1.807, 2.05) is 4.98 Å². The standard InChI is InChI=1S/C7H9N3O4/c11-5-1-2-10(7(14)9-5)4-8-3-6(12)13/h1-2,8H,3-4H2,(H,12,13)(H,9,11,14). The van der Waals surface area contributed by atoms with Gasteiger partial charge >= 0.3 is 11.7 Å². The minimum Gasteiger partial charge on any atom is -0.480 e. The summed E-state index contributed by atoms with van der Waals surface area (Å²) in [5.74, 6) is -1.01. The van der Waals surface area contributed by atoms with Crippen molar-refractivity contribution in [1.82, 2.24) is 14.9 Å². The smallest absolute Gasteiger partial charge is 0.329 e. The first-order chi connectivity index (χ1) is 6.59. The number of hydrogen-bond donors (Lipinski definition) is 3. The lowest BCUT2D eigenvalue weighted by Gasteiger charge is -2.03. The van der Waals surface area contributed by atoms with Crippen LogP contribution in [-0.4, -0.2) is 27.2 Å². The maximum absolute atomic E-state index is 11.0. The highest BCUT2D eigenvalue weighted by atomic mass is 16.4. The third-order valence-electron chi connectivity index (χ3n) is 1.46. The van der Waals surface area contributed by atoms with Crippen molar-refractivity contribution in [3.63, 3.8) is 0 Å². The summed E-state index contributed by atoms with van der Waals surface area (Å²) in [6.45, 7) is -0.201. The summed E-state index contributed by atoms with van der Waals surface area (Å²) < 4.78 is 1.16. The molecule has 1 aromatic rings. The Bertz CT molecular complexity index is 433. The zero-order valence-corrected chi connectivity index (χ0v) is 7.19. The number of carbonyl (C=O) groups is 1. The van der Waals surface area contributed by atoms with E-state index in [-0.39, 0.29) is 13.2 Å². The number of aliphatic carboxylic acids is 1. The fourth-order valence-corrected chi connectivity index (χ4v) is 0.852. The Morgan fingerprint density at radius 1 is 1.57 bits per heavy atom. The van der Waals surface area contributed by atoms with E-state index in [1.165, 1.54) is 12.3 Å². The van der Waals surface area contributed by atoms with Crippen LogP contribution >= 0.6 is 0 Å². The number of nitrogens with zero attached hydrogens (tertiary/aromatic N) is 1. The number of carboxylic acids is 1. The molecule has 1 aromatic heterocycles. The van der Waals surface area contributed by atoms with Crippen LogP contribution in [-0.2, 0) is 11.5 Å². The first-order valence-corrected chi connectivity index (χ1v) is 3.82. The molecule has 1 heterocycles. The Morgan fingerprint density at radius 2 is 2.29 bits per heavy atom. The highest BCUT2D eigenvalue weighted by molar-refractivity contribution is 5.68. The van der Waals surface area contributed by atoms with Crippen LogP contribution in [0.5, 0.6) is 0 Å². The molecule has 7 heteroatoms. The van der Waals surface area contributed by atoms with Gasteiger partial charge in [-0.1, -0.05) is 0 Å². The van der Waals surface area contributed by atoms with Gasteiger partial charge in [-0.3, -0.25) is 24.5 Å². The molecule has 0 saturated carbocycles. The molecule has 0 bridgehead atoms. The summed E-state index contributed by atoms with van der Waals surface area (Å²) in [7, 11) is 0. The van der Waals surface area contributed by atoms with Gasteiger partial charge in [0.05, 0.1) is 13.2 Å². The number of aromatic nitrogens is 2. The van der Waals surface area contributed by atoms with Crippen molar-refractivity contribution >= 4 is 5.97 Å². The van der Waals surface area contributed by atoms with Crippen molar-refractivity contribution in [2.24, 2.45) is 0 Å². The molecule has 0 aliphatic heterocycles. The van der Waals surface area contributed by atoms with Gasteiger partial charge in [0, 0.05) is 12.3 Å². The quantitative estimate of drug-likeness (QED) is 0.529. The van der Waals surface area contributed by atoms with Crippen LogP contribution in [0, 0.1) is 0 Å². The van der Waals surface area contributed by atoms with Gasteiger partial charge < -0.3 is 5.11 Å². The van der Waals surface area contributed by atoms with E-state index in [4.69, 9.17) is 5.11 Å². The van der Waals surface area contributed by atoms with Crippen LogP contribution in [0.15, 0.2) is 21.9 Å². The van der Waals surface area contributed by atoms with Gasteiger partial charge in [0.2, 0.25) is 0 Å². The maximum Gasteiger partial charge on any atom is 0.329 e. The van der Waals surface area contributed by atoms with Crippen LogP contribution in [0.3, 0.4) is 0 Å². The van der Waals surface area contributed by atoms with Gasteiger partial charge in [-0.15, -0.1) is 0 Å². The van der Waals surface area contributed by atoms with E-state index in [9.17, 15) is 14.4 Å². The van der Waals surface area contributed by atoms with Crippen LogP contribution in [0.25, 0.3) is 0 Å². The molecular weight excluding hydrogens is 190 g/mol. The van der Waals surface area contributed by atoms with E-state index >= 15 is 0 Å². The van der Waals surface area contributed by atoms with Crippen LogP contribution in [0.4, 0.5) is 0 Å². The number of nitrogens with one attached hydrogen (secondary N) is 2. The van der Waals surface area contributed by atoms with Crippen molar-refractivity contribution in [2.75, 3.05) is 6.54 Å². The molecule has 0 saturated heterocycles. The third kappa shape index (κ3) is 2.87. The fraction of sp³-hybridized carbons (Fsp3) is 0.286. The summed E-state index contributed by atoms with van der Waals surface area (Å²) in [4.78, 5) is 33.8. The zero-order chi connectivity index (χ0) is 10.6. The zero-order valence-electron chi connectivity index (χ0n) is 7.19. The molecule has 14 heavy (non-hydrogen) atoms. The van der Waals surface area contributed by atoms with E-state index in [0.717, 1.165) is 4.57 Å². The highest BCUT2D eigenvalue weighted by Gasteiger charge is 1.97. The molecule has 0 radical (unpaired) electrons. The lowest BCUT2D eigenvalue weighted by molar-refractivity contribution is -0.136. The van der Waals surface area contributed by atoms with Crippen molar-refractivity contribution in [3.8, 4) is 0 Å². The largest absolute Gasteiger partial charge is 0.480 e. The molecule has 76 valence electrons. The third-order valence-corrected chi connectivity index (χ3v) is 1.46. The first-order valence-electron chi connectivity index (χ1n) is 3.82. The Kier molecular flexibility index (Phi) is 3.19. The molecule has 0 amide bonds.